The SMILES string of the molecule is CC1CC2CC3(COc4cc(F)c(C(=O)N5CCCC5(C)C)cc4C4CC4)CC23C1. The standard InChI is InChI=1S/C26H34FNO2/c1-16-9-18-13-25(14-26(18,25)12-16)15-30-22-11-21(27)20(10-19(22)17-5-6-17)23(29)28-8-4-7-24(28,2)3/h10-11,16-18H,4-9,12-15H2,1-3H3. The van der Waals surface area contributed by atoms with Gasteiger partial charge in [-0.2, -0.15) is 0 Å². The van der Waals surface area contributed by atoms with Crippen LogP contribution < -0.4 is 4.74 Å². The van der Waals surface area contributed by atoms with Crippen LogP contribution in [-0.4, -0.2) is 29.5 Å². The van der Waals surface area contributed by atoms with Crippen LogP contribution >= 0.6 is 0 Å². The number of benzene rings is 1. The number of nitrogens with zero attached hydrogens (tertiary/aromatic N) is 1. The van der Waals surface area contributed by atoms with Crippen molar-refractivity contribution < 1.29 is 13.9 Å². The largest absolute Gasteiger partial charge is 0.493 e. The molecule has 162 valence electrons. The Kier molecular flexibility index (Phi) is 3.83. The number of rotatable bonds is 5. The Morgan fingerprint density at radius 3 is 2.73 bits per heavy atom. The number of hydrogen-bond donors (Lipinski definition) is 0. The molecule has 0 aromatic heterocycles. The van der Waals surface area contributed by atoms with Crippen LogP contribution in [0, 0.1) is 28.5 Å². The fraction of sp³-hybridized carbons (Fsp3) is 0.731. The van der Waals surface area contributed by atoms with Crippen LogP contribution in [-0.2, 0) is 0 Å². The number of ether oxygens (including phenoxy) is 1. The third-order valence-electron chi connectivity index (χ3n) is 9.40. The van der Waals surface area contributed by atoms with E-state index in [2.05, 4.69) is 20.8 Å². The minimum absolute atomic E-state index is 0.162. The molecule has 30 heavy (non-hydrogen) atoms. The summed E-state index contributed by atoms with van der Waals surface area (Å²) in [6.07, 6.45) is 9.51. The smallest absolute Gasteiger partial charge is 0.257 e. The average Bonchev–Trinajstić information content (AvgIpc) is 3.52. The zero-order valence-corrected chi connectivity index (χ0v) is 18.6. The van der Waals surface area contributed by atoms with Crippen LogP contribution in [0.4, 0.5) is 4.39 Å². The van der Waals surface area contributed by atoms with Gasteiger partial charge in [0.1, 0.15) is 11.6 Å². The third kappa shape index (κ3) is 2.58. The van der Waals surface area contributed by atoms with Crippen molar-refractivity contribution in [2.45, 2.75) is 83.6 Å². The molecule has 4 saturated carbocycles. The van der Waals surface area contributed by atoms with Gasteiger partial charge in [0, 0.05) is 23.6 Å². The fourth-order valence-electron chi connectivity index (χ4n) is 7.58. The van der Waals surface area contributed by atoms with Crippen molar-refractivity contribution in [1.82, 2.24) is 4.90 Å². The lowest BCUT2D eigenvalue weighted by Gasteiger charge is -2.39. The Balaban J connectivity index is 1.24. The van der Waals surface area contributed by atoms with Crippen molar-refractivity contribution in [3.8, 4) is 5.75 Å². The van der Waals surface area contributed by atoms with E-state index in [4.69, 9.17) is 4.74 Å². The number of likely N-dealkylation sites (tertiary alicyclic amines) is 1. The van der Waals surface area contributed by atoms with E-state index < -0.39 is 5.82 Å². The molecule has 5 aliphatic rings. The molecule has 1 heterocycles. The zero-order valence-electron chi connectivity index (χ0n) is 18.6. The maximum atomic E-state index is 15.1. The zero-order chi connectivity index (χ0) is 20.9. The third-order valence-corrected chi connectivity index (χ3v) is 9.40. The topological polar surface area (TPSA) is 29.5 Å². The number of halogens is 1. The molecule has 1 aliphatic heterocycles. The highest BCUT2D eigenvalue weighted by molar-refractivity contribution is 5.95. The van der Waals surface area contributed by atoms with Crippen LogP contribution in [0.15, 0.2) is 12.1 Å². The number of hydrogen-bond acceptors (Lipinski definition) is 2. The van der Waals surface area contributed by atoms with Gasteiger partial charge in [-0.05, 0) is 100 Å². The van der Waals surface area contributed by atoms with Gasteiger partial charge >= 0.3 is 0 Å². The van der Waals surface area contributed by atoms with Gasteiger partial charge in [0.2, 0.25) is 0 Å². The molecule has 3 nitrogen and oxygen atoms in total. The van der Waals surface area contributed by atoms with Crippen molar-refractivity contribution >= 4 is 5.91 Å². The van der Waals surface area contributed by atoms with E-state index in [0.29, 0.717) is 29.0 Å². The summed E-state index contributed by atoms with van der Waals surface area (Å²) >= 11 is 0. The first-order valence-corrected chi connectivity index (χ1v) is 12.0. The molecule has 0 bridgehead atoms. The summed E-state index contributed by atoms with van der Waals surface area (Å²) in [5.74, 6) is 2.28. The molecular weight excluding hydrogens is 377 g/mol. The van der Waals surface area contributed by atoms with Crippen LogP contribution in [0.5, 0.6) is 5.75 Å². The molecule has 4 aliphatic carbocycles. The minimum atomic E-state index is -0.425. The highest BCUT2D eigenvalue weighted by Gasteiger charge is 2.80. The predicted octanol–water partition coefficient (Wildman–Crippen LogP) is 5.92. The first kappa shape index (κ1) is 19.1. The number of carbonyl (C=O) groups excluding carboxylic acids is 1. The van der Waals surface area contributed by atoms with Gasteiger partial charge in [-0.3, -0.25) is 4.79 Å². The molecule has 1 saturated heterocycles. The fourth-order valence-corrected chi connectivity index (χ4v) is 7.58. The molecule has 1 aromatic rings. The number of amides is 1. The van der Waals surface area contributed by atoms with E-state index in [1.807, 2.05) is 11.0 Å². The van der Waals surface area contributed by atoms with Gasteiger partial charge in [-0.15, -0.1) is 0 Å². The summed E-state index contributed by atoms with van der Waals surface area (Å²) in [4.78, 5) is 15.0. The highest BCUT2D eigenvalue weighted by atomic mass is 19.1. The van der Waals surface area contributed by atoms with Gasteiger partial charge in [0.15, 0.2) is 0 Å². The van der Waals surface area contributed by atoms with Crippen molar-refractivity contribution in [2.75, 3.05) is 13.2 Å². The maximum absolute atomic E-state index is 15.1. The van der Waals surface area contributed by atoms with Crippen molar-refractivity contribution in [1.29, 1.82) is 0 Å². The van der Waals surface area contributed by atoms with Crippen LogP contribution in [0.1, 0.15) is 94.0 Å². The molecule has 0 radical (unpaired) electrons. The van der Waals surface area contributed by atoms with Crippen LogP contribution in [0.25, 0.3) is 0 Å². The predicted molar refractivity (Wildman–Crippen MR) is 114 cm³/mol. The van der Waals surface area contributed by atoms with E-state index in [-0.39, 0.29) is 17.0 Å². The summed E-state index contributed by atoms with van der Waals surface area (Å²) in [5.41, 5.74) is 1.99. The quantitative estimate of drug-likeness (QED) is 0.602. The summed E-state index contributed by atoms with van der Waals surface area (Å²) in [6.45, 7) is 7.98. The minimum Gasteiger partial charge on any atom is -0.493 e. The summed E-state index contributed by atoms with van der Waals surface area (Å²) in [5, 5.41) is 0. The Morgan fingerprint density at radius 2 is 2.07 bits per heavy atom. The van der Waals surface area contributed by atoms with Gasteiger partial charge < -0.3 is 9.64 Å². The molecule has 6 rings (SSSR count). The molecule has 4 unspecified atom stereocenters. The van der Waals surface area contributed by atoms with E-state index in [9.17, 15) is 4.79 Å². The Morgan fingerprint density at radius 1 is 1.27 bits per heavy atom. The maximum Gasteiger partial charge on any atom is 0.257 e. The molecular formula is C26H34FNO2. The molecule has 1 aromatic carbocycles. The second-order valence-electron chi connectivity index (χ2n) is 11.9. The first-order valence-electron chi connectivity index (χ1n) is 12.0. The van der Waals surface area contributed by atoms with Crippen molar-refractivity contribution in [2.24, 2.45) is 22.7 Å². The second-order valence-corrected chi connectivity index (χ2v) is 11.9. The Bertz CT molecular complexity index is 918. The van der Waals surface area contributed by atoms with E-state index in [1.54, 1.807) is 0 Å². The number of carbonyl (C=O) groups is 1. The molecule has 4 atom stereocenters. The molecule has 4 heteroatoms. The van der Waals surface area contributed by atoms with E-state index >= 15 is 4.39 Å². The lowest BCUT2D eigenvalue weighted by Crippen LogP contribution is -2.43. The summed E-state index contributed by atoms with van der Waals surface area (Å²) in [7, 11) is 0. The van der Waals surface area contributed by atoms with Gasteiger partial charge in [-0.1, -0.05) is 6.92 Å². The monoisotopic (exact) mass is 411 g/mol. The van der Waals surface area contributed by atoms with Gasteiger partial charge in [0.25, 0.3) is 5.91 Å². The highest BCUT2D eigenvalue weighted by Crippen LogP contribution is 2.86. The van der Waals surface area contributed by atoms with Gasteiger partial charge in [0.05, 0.1) is 12.2 Å². The van der Waals surface area contributed by atoms with Crippen molar-refractivity contribution in [3.05, 3.63) is 29.1 Å². The molecule has 0 N–H and O–H groups in total. The molecule has 5 fully saturated rings. The molecule has 1 spiro atoms. The average molecular weight is 412 g/mol. The Labute approximate surface area is 179 Å². The normalized spacial score (nSPS) is 38.1. The van der Waals surface area contributed by atoms with Crippen LogP contribution in [0.3, 0.4) is 0 Å². The Hall–Kier alpha value is -1.58. The first-order chi connectivity index (χ1) is 14.2. The van der Waals surface area contributed by atoms with Gasteiger partial charge in [-0.25, -0.2) is 4.39 Å². The van der Waals surface area contributed by atoms with Crippen LogP contribution in [0.2, 0.25) is 0 Å². The summed E-state index contributed by atoms with van der Waals surface area (Å²) in [6, 6.07) is 3.34. The molecule has 1 amide bonds. The van der Waals surface area contributed by atoms with Crippen molar-refractivity contribution in [3.63, 3.8) is 0 Å². The second kappa shape index (κ2) is 6.01. The lowest BCUT2D eigenvalue weighted by atomic mass is 9.67. The van der Waals surface area contributed by atoms with E-state index in [0.717, 1.165) is 49.7 Å². The lowest BCUT2D eigenvalue weighted by molar-refractivity contribution is 0.0541. The summed E-state index contributed by atoms with van der Waals surface area (Å²) < 4.78 is 21.5. The van der Waals surface area contributed by atoms with E-state index in [1.165, 1.54) is 31.7 Å².